The average Bonchev–Trinajstić information content (AvgIpc) is 2.55. The van der Waals surface area contributed by atoms with Crippen LogP contribution in [0.3, 0.4) is 0 Å². The molecule has 0 spiro atoms. The third-order valence-electron chi connectivity index (χ3n) is 5.24. The Hall–Kier alpha value is -1.60. The normalized spacial score (nSPS) is 26.4. The molecule has 1 saturated carbocycles. The zero-order valence-corrected chi connectivity index (χ0v) is 15.2. The number of carbonyl (C=O) groups is 1. The van der Waals surface area contributed by atoms with Crippen molar-refractivity contribution in [1.29, 1.82) is 0 Å². The van der Waals surface area contributed by atoms with Crippen molar-refractivity contribution in [3.63, 3.8) is 0 Å². The summed E-state index contributed by atoms with van der Waals surface area (Å²) >= 11 is 0. The van der Waals surface area contributed by atoms with Crippen molar-refractivity contribution in [3.8, 4) is 0 Å². The quantitative estimate of drug-likeness (QED) is 0.793. The lowest BCUT2D eigenvalue weighted by atomic mass is 9.76. The van der Waals surface area contributed by atoms with E-state index in [0.29, 0.717) is 19.3 Å². The van der Waals surface area contributed by atoms with E-state index in [1.807, 2.05) is 13.8 Å². The van der Waals surface area contributed by atoms with E-state index in [0.717, 1.165) is 7.11 Å². The van der Waals surface area contributed by atoms with Crippen molar-refractivity contribution >= 4 is 5.97 Å². The largest absolute Gasteiger partial charge is 0.460 e. The molecule has 26 heavy (non-hydrogen) atoms. The molecule has 1 fully saturated rings. The van der Waals surface area contributed by atoms with Crippen molar-refractivity contribution in [3.05, 3.63) is 35.9 Å². The van der Waals surface area contributed by atoms with Crippen LogP contribution in [0.1, 0.15) is 45.1 Å². The molecule has 1 aliphatic rings. The van der Waals surface area contributed by atoms with E-state index in [2.05, 4.69) is 0 Å². The minimum atomic E-state index is -5.00. The molecule has 2 rings (SSSR count). The van der Waals surface area contributed by atoms with Gasteiger partial charge in [0.25, 0.3) is 5.60 Å². The second kappa shape index (κ2) is 7.56. The summed E-state index contributed by atoms with van der Waals surface area (Å²) in [5, 5.41) is 10.6. The molecule has 3 atom stereocenters. The van der Waals surface area contributed by atoms with Crippen LogP contribution in [0.5, 0.6) is 0 Å². The third kappa shape index (κ3) is 3.74. The minimum absolute atomic E-state index is 0.0899. The van der Waals surface area contributed by atoms with Crippen LogP contribution in [0.25, 0.3) is 0 Å². The number of hydrogen-bond acceptors (Lipinski definition) is 4. The summed E-state index contributed by atoms with van der Waals surface area (Å²) in [4.78, 5) is 12.6. The average molecular weight is 374 g/mol. The standard InChI is InChI=1S/C19H25F3O4/c1-13(2)17(24)11-7-10-15(12-17)26-16(23)18(25-3,19(20,21)22)14-8-5-4-6-9-14/h4-6,8-9,13,15,24H,7,10-12H2,1-3H3/t15-,17-,18-/m1/s1. The van der Waals surface area contributed by atoms with E-state index in [9.17, 15) is 23.1 Å². The Kier molecular flexibility index (Phi) is 6.02. The number of halogens is 3. The van der Waals surface area contributed by atoms with Crippen molar-refractivity contribution < 1.29 is 32.5 Å². The monoisotopic (exact) mass is 374 g/mol. The first-order chi connectivity index (χ1) is 12.1. The lowest BCUT2D eigenvalue weighted by Crippen LogP contribution is -2.53. The smallest absolute Gasteiger partial charge is 0.432 e. The van der Waals surface area contributed by atoms with Crippen LogP contribution < -0.4 is 0 Å². The molecule has 0 amide bonds. The molecule has 0 heterocycles. The van der Waals surface area contributed by atoms with Crippen LogP contribution in [0, 0.1) is 5.92 Å². The Balaban J connectivity index is 2.31. The van der Waals surface area contributed by atoms with Crippen LogP contribution in [-0.4, -0.2) is 36.1 Å². The first kappa shape index (κ1) is 20.7. The number of carbonyl (C=O) groups excluding carboxylic acids is 1. The van der Waals surface area contributed by atoms with Gasteiger partial charge in [-0.15, -0.1) is 0 Å². The molecule has 0 unspecified atom stereocenters. The van der Waals surface area contributed by atoms with Gasteiger partial charge in [0.05, 0.1) is 5.60 Å². The predicted octanol–water partition coefficient (Wildman–Crippen LogP) is 3.96. The lowest BCUT2D eigenvalue weighted by Gasteiger charge is -2.41. The summed E-state index contributed by atoms with van der Waals surface area (Å²) in [6.07, 6.45) is -4.15. The Morgan fingerprint density at radius 3 is 2.38 bits per heavy atom. The Morgan fingerprint density at radius 2 is 1.88 bits per heavy atom. The molecule has 7 heteroatoms. The summed E-state index contributed by atoms with van der Waals surface area (Å²) in [6, 6.07) is 6.73. The molecule has 1 aliphatic carbocycles. The highest BCUT2D eigenvalue weighted by Gasteiger charge is 2.64. The molecule has 0 radical (unpaired) electrons. The molecule has 1 aromatic rings. The summed E-state index contributed by atoms with van der Waals surface area (Å²) in [5.41, 5.74) is -4.58. The summed E-state index contributed by atoms with van der Waals surface area (Å²) in [5.74, 6) is -1.59. The van der Waals surface area contributed by atoms with E-state index in [-0.39, 0.29) is 17.9 Å². The number of aliphatic hydroxyl groups is 1. The van der Waals surface area contributed by atoms with Gasteiger partial charge >= 0.3 is 12.1 Å². The highest BCUT2D eigenvalue weighted by Crippen LogP contribution is 2.44. The highest BCUT2D eigenvalue weighted by atomic mass is 19.4. The maximum atomic E-state index is 13.9. The molecule has 0 bridgehead atoms. The van der Waals surface area contributed by atoms with Gasteiger partial charge in [-0.05, 0) is 25.2 Å². The van der Waals surface area contributed by atoms with Crippen LogP contribution in [0.2, 0.25) is 0 Å². The van der Waals surface area contributed by atoms with Gasteiger partial charge in [0.1, 0.15) is 6.10 Å². The Morgan fingerprint density at radius 1 is 1.27 bits per heavy atom. The number of methoxy groups -OCH3 is 1. The van der Waals surface area contributed by atoms with Crippen LogP contribution >= 0.6 is 0 Å². The number of ether oxygens (including phenoxy) is 2. The van der Waals surface area contributed by atoms with E-state index in [1.165, 1.54) is 24.3 Å². The van der Waals surface area contributed by atoms with Gasteiger partial charge in [0.2, 0.25) is 0 Å². The van der Waals surface area contributed by atoms with E-state index in [1.54, 1.807) is 6.07 Å². The summed E-state index contributed by atoms with van der Waals surface area (Å²) in [7, 11) is 0.840. The van der Waals surface area contributed by atoms with Gasteiger partial charge in [0, 0.05) is 19.1 Å². The molecule has 146 valence electrons. The fourth-order valence-electron chi connectivity index (χ4n) is 3.48. The topological polar surface area (TPSA) is 55.8 Å². The number of hydrogen-bond donors (Lipinski definition) is 1. The molecule has 0 saturated heterocycles. The van der Waals surface area contributed by atoms with E-state index >= 15 is 0 Å². The maximum absolute atomic E-state index is 13.9. The molecular formula is C19H25F3O4. The van der Waals surface area contributed by atoms with E-state index < -0.39 is 29.5 Å². The zero-order chi connectivity index (χ0) is 19.6. The van der Waals surface area contributed by atoms with Gasteiger partial charge in [-0.3, -0.25) is 0 Å². The highest BCUT2D eigenvalue weighted by molar-refractivity contribution is 5.82. The molecular weight excluding hydrogens is 349 g/mol. The van der Waals surface area contributed by atoms with Crippen LogP contribution in [-0.2, 0) is 19.9 Å². The second-order valence-corrected chi connectivity index (χ2v) is 7.13. The van der Waals surface area contributed by atoms with Crippen molar-refractivity contribution in [2.24, 2.45) is 5.92 Å². The van der Waals surface area contributed by atoms with Gasteiger partial charge in [-0.1, -0.05) is 44.2 Å². The second-order valence-electron chi connectivity index (χ2n) is 7.13. The number of benzene rings is 1. The predicted molar refractivity (Wildman–Crippen MR) is 89.3 cm³/mol. The lowest BCUT2D eigenvalue weighted by molar-refractivity contribution is -0.279. The van der Waals surface area contributed by atoms with Gasteiger partial charge in [-0.2, -0.15) is 13.2 Å². The number of esters is 1. The molecule has 1 aromatic carbocycles. The fraction of sp³-hybridized carbons (Fsp3) is 0.632. The number of rotatable bonds is 5. The number of alkyl halides is 3. The molecule has 4 nitrogen and oxygen atoms in total. The Labute approximate surface area is 151 Å². The van der Waals surface area contributed by atoms with Crippen molar-refractivity contribution in [1.82, 2.24) is 0 Å². The van der Waals surface area contributed by atoms with Crippen molar-refractivity contribution in [2.45, 2.75) is 63.0 Å². The van der Waals surface area contributed by atoms with Gasteiger partial charge in [-0.25, -0.2) is 4.79 Å². The SMILES string of the molecule is CO[C@@](C(=O)O[C@@H]1CCC[C@](O)(C(C)C)C1)(c1ccccc1)C(F)(F)F. The van der Waals surface area contributed by atoms with Crippen LogP contribution in [0.4, 0.5) is 13.2 Å². The molecule has 0 aromatic heterocycles. The summed E-state index contributed by atoms with van der Waals surface area (Å²) in [6.45, 7) is 3.67. The minimum Gasteiger partial charge on any atom is -0.460 e. The van der Waals surface area contributed by atoms with E-state index in [4.69, 9.17) is 9.47 Å². The van der Waals surface area contributed by atoms with Crippen molar-refractivity contribution in [2.75, 3.05) is 7.11 Å². The first-order valence-corrected chi connectivity index (χ1v) is 8.67. The molecule has 1 N–H and O–H groups in total. The van der Waals surface area contributed by atoms with Gasteiger partial charge in [0.15, 0.2) is 0 Å². The van der Waals surface area contributed by atoms with Gasteiger partial charge < -0.3 is 14.6 Å². The zero-order valence-electron chi connectivity index (χ0n) is 15.2. The van der Waals surface area contributed by atoms with Crippen LogP contribution in [0.15, 0.2) is 30.3 Å². The fourth-order valence-corrected chi connectivity index (χ4v) is 3.48. The maximum Gasteiger partial charge on any atom is 0.432 e. The molecule has 0 aliphatic heterocycles. The summed E-state index contributed by atoms with van der Waals surface area (Å²) < 4.78 is 51.6. The first-order valence-electron chi connectivity index (χ1n) is 8.67. The third-order valence-corrected chi connectivity index (χ3v) is 5.24. The Bertz CT molecular complexity index is 617.